The van der Waals surface area contributed by atoms with E-state index in [2.05, 4.69) is 361 Å². The van der Waals surface area contributed by atoms with Crippen molar-refractivity contribution in [2.75, 3.05) is 0 Å². The van der Waals surface area contributed by atoms with Crippen LogP contribution in [0.5, 0.6) is 0 Å². The Hall–Kier alpha value is -14.9. The minimum absolute atomic E-state index is 0.0667. The van der Waals surface area contributed by atoms with Crippen molar-refractivity contribution >= 4 is 215 Å². The second-order valence-corrected chi connectivity index (χ2v) is 36.7. The molecule has 0 N–H and O–H groups in total. The minimum Gasteiger partial charge on any atom is -0.309 e. The Morgan fingerprint density at radius 3 is 1.06 bits per heavy atom. The minimum atomic E-state index is -0.592. The summed E-state index contributed by atoms with van der Waals surface area (Å²) in [7, 11) is 0. The van der Waals surface area contributed by atoms with Crippen LogP contribution in [-0.2, 0) is 10.8 Å². The van der Waals surface area contributed by atoms with Gasteiger partial charge in [0, 0.05) is 53.2 Å². The van der Waals surface area contributed by atoms with Crippen molar-refractivity contribution in [3.05, 3.63) is 404 Å². The van der Waals surface area contributed by atoms with Gasteiger partial charge in [-0.3, -0.25) is 0 Å². The summed E-state index contributed by atoms with van der Waals surface area (Å²) in [6.45, 7) is 9.63. The Balaban J connectivity index is 0.0000000973. The van der Waals surface area contributed by atoms with Gasteiger partial charge in [-0.15, -0.1) is 11.3 Å². The normalized spacial score (nSPS) is 13.5. The molecule has 1 nitrogen and oxygen atoms in total. The first-order valence-corrected chi connectivity index (χ1v) is 44.0. The Morgan fingerprint density at radius 2 is 0.556 bits per heavy atom. The van der Waals surface area contributed by atoms with Crippen LogP contribution in [0.25, 0.3) is 254 Å². The van der Waals surface area contributed by atoms with E-state index in [9.17, 15) is 8.78 Å². The van der Waals surface area contributed by atoms with E-state index >= 15 is 0 Å². The molecule has 29 rings (SSSR count). The van der Waals surface area contributed by atoms with E-state index in [0.29, 0.717) is 5.69 Å². The maximum atomic E-state index is 14.4. The second-order valence-electron chi connectivity index (χ2n) is 35.6. The maximum absolute atomic E-state index is 14.4. The largest absolute Gasteiger partial charge is 0.309 e. The lowest BCUT2D eigenvalue weighted by Crippen LogP contribution is -2.15. The topological polar surface area (TPSA) is 4.93 Å². The van der Waals surface area contributed by atoms with Crippen LogP contribution in [0.2, 0.25) is 0 Å². The lowest BCUT2D eigenvalue weighted by Gasteiger charge is -2.26. The van der Waals surface area contributed by atoms with Gasteiger partial charge in [-0.1, -0.05) is 331 Å². The molecule has 0 fully saturated rings. The predicted molar refractivity (Wildman–Crippen MR) is 529 cm³/mol. The third kappa shape index (κ3) is 9.29. The highest BCUT2D eigenvalue weighted by Gasteiger charge is 2.42. The van der Waals surface area contributed by atoms with E-state index in [1.54, 1.807) is 0 Å². The number of benzene rings is 25. The van der Waals surface area contributed by atoms with Crippen LogP contribution in [0.15, 0.2) is 370 Å². The van der Waals surface area contributed by atoms with Crippen molar-refractivity contribution in [1.29, 1.82) is 0 Å². The van der Waals surface area contributed by atoms with Gasteiger partial charge < -0.3 is 4.57 Å². The second kappa shape index (κ2) is 25.3. The van der Waals surface area contributed by atoms with Gasteiger partial charge in [-0.05, 0) is 284 Å². The number of nitrogens with zero attached hydrogens (tertiary/aromatic N) is 1. The van der Waals surface area contributed by atoms with Crippen LogP contribution < -0.4 is 0 Å². The third-order valence-electron chi connectivity index (χ3n) is 28.7. The fourth-order valence-corrected chi connectivity index (χ4v) is 24.8. The Morgan fingerprint density at radius 1 is 0.202 bits per heavy atom. The molecule has 0 spiro atoms. The zero-order chi connectivity index (χ0) is 82.0. The number of hydrogen-bond donors (Lipinski definition) is 0. The summed E-state index contributed by atoms with van der Waals surface area (Å²) in [5.74, 6) is -1.18. The Kier molecular flexibility index (Phi) is 14.3. The average molecular weight is 1600 g/mol. The van der Waals surface area contributed by atoms with Gasteiger partial charge in [-0.2, -0.15) is 0 Å². The van der Waals surface area contributed by atoms with Gasteiger partial charge in [0.05, 0.1) is 16.7 Å². The van der Waals surface area contributed by atoms with Crippen molar-refractivity contribution in [1.82, 2.24) is 4.57 Å². The van der Waals surface area contributed by atoms with E-state index in [0.717, 1.165) is 33.3 Å². The maximum Gasteiger partial charge on any atom is 0.128 e. The molecule has 2 aromatic heterocycles. The van der Waals surface area contributed by atoms with E-state index in [1.165, 1.54) is 255 Å². The Bertz CT molecular complexity index is 9130. The van der Waals surface area contributed by atoms with Gasteiger partial charge in [0.1, 0.15) is 11.6 Å². The van der Waals surface area contributed by atoms with Crippen LogP contribution in [0, 0.1) is 11.6 Å². The molecular weight excluding hydrogens is 1530 g/mol. The standard InChI is InChI=1S/C42H24S.C42H30.C36H19F2N/c1-3-13-25(14-4-1)32-23-33(26-15-5-2-6-16-26)38-29-19-9-10-20-30(29)40-39-31-21-11-12-22-35(31)43-36(39)24-34-27-17-7-8-18-28(27)37(32)42(38)41(34)40;1-41(2)31-19-11-9-17-27(31)35-33(41)21-29-23-13-5-8-16-26(23)38-36-28-18-10-12-20-32(28)42(3,4)34(36)22-30-24-14-6-7-15-25(24)37(35)39(29)40(30)38;37-20-15-21(38)17-22(16-20)39-33-14-4-3-9-25(33)32-18-30-28-12-5-10-26-23-7-1-2-8-24(23)27-11-6-13-29(36(27)35(26)28)31(30)19-34(32)39/h1-24H;5-22H,1-4H3;1-19H. The molecule has 2 aliphatic carbocycles. The van der Waals surface area contributed by atoms with Crippen LogP contribution >= 0.6 is 11.3 Å². The molecule has 0 amide bonds. The number of para-hydroxylation sites is 1. The smallest absolute Gasteiger partial charge is 0.128 e. The summed E-state index contributed by atoms with van der Waals surface area (Å²) in [6.07, 6.45) is 0. The molecular formula is C120H73F2NS. The van der Waals surface area contributed by atoms with Crippen molar-refractivity contribution in [2.24, 2.45) is 0 Å². The molecule has 2 aliphatic rings. The summed E-state index contributed by atoms with van der Waals surface area (Å²) in [4.78, 5) is 0. The molecule has 4 heteroatoms. The van der Waals surface area contributed by atoms with Gasteiger partial charge in [0.15, 0.2) is 0 Å². The molecule has 0 saturated heterocycles. The Labute approximate surface area is 715 Å². The lowest BCUT2D eigenvalue weighted by molar-refractivity contribution is 0.582. The number of rotatable bonds is 3. The van der Waals surface area contributed by atoms with Crippen molar-refractivity contribution in [2.45, 2.75) is 38.5 Å². The summed E-state index contributed by atoms with van der Waals surface area (Å²) < 4.78 is 33.5. The summed E-state index contributed by atoms with van der Waals surface area (Å²) in [5.41, 5.74) is 18.6. The highest BCUT2D eigenvalue weighted by molar-refractivity contribution is 7.26. The van der Waals surface area contributed by atoms with Crippen LogP contribution in [-0.4, -0.2) is 4.57 Å². The number of halogens is 2. The number of hydrogen-bond acceptors (Lipinski definition) is 1. The molecule has 0 saturated carbocycles. The van der Waals surface area contributed by atoms with Gasteiger partial charge in [-0.25, -0.2) is 8.78 Å². The molecule has 25 aromatic carbocycles. The molecule has 0 bridgehead atoms. The van der Waals surface area contributed by atoms with Crippen LogP contribution in [0.1, 0.15) is 49.9 Å². The number of aromatic nitrogens is 1. The quantitative estimate of drug-likeness (QED) is 0.123. The first kappa shape index (κ1) is 69.8. The first-order valence-electron chi connectivity index (χ1n) is 43.2. The number of thiophene rings is 1. The SMILES string of the molecule is CC1(C)c2ccccc2-c2c1cc1c3ccccc3c3c4c(cc5c6ccccc6c2c1c53)C(C)(C)c1ccccc1-4.Fc1cc(F)cc(-n2c3ccccc3c3cc4c(cc32)c2cccc3c5ccccc5c5cccc4c5c32)c1.c1ccc(-c2cc(-c3ccccc3)c3c4ccccc4c4c5c(cc6c7ccccc7c2c3c64)sc2ccccc25)cc1. The zero-order valence-electron chi connectivity index (χ0n) is 68.3. The first-order chi connectivity index (χ1) is 60.9. The molecule has 124 heavy (non-hydrogen) atoms. The highest BCUT2D eigenvalue weighted by atomic mass is 32.1. The van der Waals surface area contributed by atoms with E-state index in [-0.39, 0.29) is 10.8 Å². The van der Waals surface area contributed by atoms with Crippen molar-refractivity contribution in [3.63, 3.8) is 0 Å². The number of fused-ring (bicyclic) bond motifs is 33. The van der Waals surface area contributed by atoms with Gasteiger partial charge in [0.25, 0.3) is 0 Å². The average Bonchev–Trinajstić information content (AvgIpc) is 1.27. The molecule has 2 heterocycles. The van der Waals surface area contributed by atoms with Crippen LogP contribution in [0.4, 0.5) is 8.78 Å². The molecule has 27 aromatic rings. The van der Waals surface area contributed by atoms with E-state index in [1.807, 2.05) is 34.1 Å². The summed E-state index contributed by atoms with van der Waals surface area (Å²) >= 11 is 1.92. The summed E-state index contributed by atoms with van der Waals surface area (Å²) in [6, 6.07) is 134. The van der Waals surface area contributed by atoms with E-state index in [4.69, 9.17) is 0 Å². The van der Waals surface area contributed by atoms with E-state index < -0.39 is 11.6 Å². The fraction of sp³-hybridized carbons (Fsp3) is 0.0500. The zero-order valence-corrected chi connectivity index (χ0v) is 69.1. The third-order valence-corrected chi connectivity index (χ3v) is 29.8. The van der Waals surface area contributed by atoms with Crippen LogP contribution in [0.3, 0.4) is 0 Å². The molecule has 578 valence electrons. The fourth-order valence-electron chi connectivity index (χ4n) is 23.6. The summed E-state index contributed by atoms with van der Waals surface area (Å²) in [5, 5.41) is 44.4. The van der Waals surface area contributed by atoms with Gasteiger partial charge >= 0.3 is 0 Å². The van der Waals surface area contributed by atoms with Gasteiger partial charge in [0.2, 0.25) is 0 Å². The molecule has 0 atom stereocenters. The molecule has 0 radical (unpaired) electrons. The monoisotopic (exact) mass is 1600 g/mol. The molecule has 0 aliphatic heterocycles. The molecule has 0 unspecified atom stereocenters. The predicted octanol–water partition coefficient (Wildman–Crippen LogP) is 34.4. The van der Waals surface area contributed by atoms with Crippen molar-refractivity contribution in [3.8, 4) is 50.2 Å². The highest BCUT2D eigenvalue weighted by Crippen LogP contribution is 2.62. The van der Waals surface area contributed by atoms with Crippen molar-refractivity contribution < 1.29 is 8.78 Å². The lowest BCUT2D eigenvalue weighted by atomic mass is 9.76.